The summed E-state index contributed by atoms with van der Waals surface area (Å²) in [5.74, 6) is -0.767. The van der Waals surface area contributed by atoms with Crippen LogP contribution in [-0.2, 0) is 9.59 Å². The molecule has 0 spiro atoms. The Bertz CT molecular complexity index is 681. The number of aromatic nitrogens is 1. The third-order valence-electron chi connectivity index (χ3n) is 3.40. The smallest absolute Gasteiger partial charge is 0.234 e. The zero-order valence-corrected chi connectivity index (χ0v) is 10.2. The fourth-order valence-electron chi connectivity index (χ4n) is 2.40. The molecule has 0 bridgehead atoms. The summed E-state index contributed by atoms with van der Waals surface area (Å²) in [6, 6.07) is 7.47. The van der Waals surface area contributed by atoms with Crippen molar-refractivity contribution in [2.24, 2.45) is 0 Å². The second-order valence-electron chi connectivity index (χ2n) is 4.69. The number of imide groups is 1. The summed E-state index contributed by atoms with van der Waals surface area (Å²) < 4.78 is 0. The highest BCUT2D eigenvalue weighted by Crippen LogP contribution is 2.27. The highest BCUT2D eigenvalue weighted by Gasteiger charge is 2.28. The topological polar surface area (TPSA) is 85.1 Å². The van der Waals surface area contributed by atoms with Crippen molar-refractivity contribution in [3.05, 3.63) is 36.0 Å². The van der Waals surface area contributed by atoms with Gasteiger partial charge in [0.2, 0.25) is 11.8 Å². The van der Waals surface area contributed by atoms with Gasteiger partial charge in [0.15, 0.2) is 0 Å². The zero-order chi connectivity index (χ0) is 13.4. The molecule has 0 saturated carbocycles. The van der Waals surface area contributed by atoms with Crippen molar-refractivity contribution in [1.82, 2.24) is 10.3 Å². The monoisotopic (exact) mass is 255 g/mol. The zero-order valence-electron chi connectivity index (χ0n) is 10.2. The van der Waals surface area contributed by atoms with E-state index in [1.165, 1.54) is 0 Å². The molecule has 3 rings (SSSR count). The molecule has 1 aromatic heterocycles. The SMILES string of the molecule is Nc1cccc2cc(C3CCC(=O)NC3=O)cnc12. The number of para-hydroxylation sites is 1. The third kappa shape index (κ3) is 2.03. The predicted octanol–water partition coefficient (Wildman–Crippen LogP) is 1.34. The van der Waals surface area contributed by atoms with E-state index < -0.39 is 0 Å². The molecule has 1 aliphatic rings. The minimum absolute atomic E-state index is 0.209. The first-order valence-corrected chi connectivity index (χ1v) is 6.13. The van der Waals surface area contributed by atoms with Gasteiger partial charge in [-0.25, -0.2) is 0 Å². The summed E-state index contributed by atoms with van der Waals surface area (Å²) in [6.45, 7) is 0. The molecule has 19 heavy (non-hydrogen) atoms. The van der Waals surface area contributed by atoms with Gasteiger partial charge in [0.1, 0.15) is 0 Å². The molecule has 2 heterocycles. The van der Waals surface area contributed by atoms with E-state index in [1.54, 1.807) is 12.3 Å². The number of nitrogens with one attached hydrogen (secondary N) is 1. The summed E-state index contributed by atoms with van der Waals surface area (Å²) in [4.78, 5) is 27.3. The number of hydrogen-bond donors (Lipinski definition) is 2. The van der Waals surface area contributed by atoms with Crippen LogP contribution in [0.1, 0.15) is 24.3 Å². The van der Waals surface area contributed by atoms with Crippen LogP contribution >= 0.6 is 0 Å². The van der Waals surface area contributed by atoms with Gasteiger partial charge in [-0.2, -0.15) is 0 Å². The summed E-state index contributed by atoms with van der Waals surface area (Å²) in [5.41, 5.74) is 8.02. The van der Waals surface area contributed by atoms with E-state index in [1.807, 2.05) is 18.2 Å². The van der Waals surface area contributed by atoms with Crippen molar-refractivity contribution in [2.45, 2.75) is 18.8 Å². The average Bonchev–Trinajstić information content (AvgIpc) is 2.38. The van der Waals surface area contributed by atoms with Crippen LogP contribution in [0.4, 0.5) is 5.69 Å². The molecule has 1 aromatic carbocycles. The number of rotatable bonds is 1. The average molecular weight is 255 g/mol. The van der Waals surface area contributed by atoms with Crippen molar-refractivity contribution < 1.29 is 9.59 Å². The number of nitrogens with two attached hydrogens (primary N) is 1. The van der Waals surface area contributed by atoms with Gasteiger partial charge < -0.3 is 5.73 Å². The third-order valence-corrected chi connectivity index (χ3v) is 3.40. The molecule has 1 atom stereocenters. The number of anilines is 1. The number of amides is 2. The van der Waals surface area contributed by atoms with Gasteiger partial charge in [-0.1, -0.05) is 12.1 Å². The number of nitrogens with zero attached hydrogens (tertiary/aromatic N) is 1. The maximum Gasteiger partial charge on any atom is 0.234 e. The number of benzene rings is 1. The molecule has 96 valence electrons. The highest BCUT2D eigenvalue weighted by molar-refractivity contribution is 6.01. The predicted molar refractivity (Wildman–Crippen MR) is 71.3 cm³/mol. The van der Waals surface area contributed by atoms with E-state index in [0.717, 1.165) is 16.5 Å². The van der Waals surface area contributed by atoms with Crippen molar-refractivity contribution in [3.63, 3.8) is 0 Å². The van der Waals surface area contributed by atoms with E-state index in [9.17, 15) is 9.59 Å². The number of fused-ring (bicyclic) bond motifs is 1. The molecule has 2 aromatic rings. The Morgan fingerprint density at radius 1 is 1.32 bits per heavy atom. The quantitative estimate of drug-likeness (QED) is 0.594. The molecule has 5 nitrogen and oxygen atoms in total. The molecule has 1 unspecified atom stereocenters. The van der Waals surface area contributed by atoms with Crippen LogP contribution in [0, 0.1) is 0 Å². The normalized spacial score (nSPS) is 19.5. The molecule has 1 saturated heterocycles. The lowest BCUT2D eigenvalue weighted by atomic mass is 9.91. The molecule has 0 aliphatic carbocycles. The second kappa shape index (κ2) is 4.35. The molecule has 1 fully saturated rings. The lowest BCUT2D eigenvalue weighted by Crippen LogP contribution is -2.39. The van der Waals surface area contributed by atoms with Crippen molar-refractivity contribution in [1.29, 1.82) is 0 Å². The van der Waals surface area contributed by atoms with E-state index >= 15 is 0 Å². The van der Waals surface area contributed by atoms with Crippen LogP contribution in [0.5, 0.6) is 0 Å². The number of nitrogen functional groups attached to an aromatic ring is 1. The molecule has 2 amide bonds. The van der Waals surface area contributed by atoms with Crippen LogP contribution in [-0.4, -0.2) is 16.8 Å². The highest BCUT2D eigenvalue weighted by atomic mass is 16.2. The van der Waals surface area contributed by atoms with Crippen LogP contribution in [0.2, 0.25) is 0 Å². The molecular formula is C14H13N3O2. The van der Waals surface area contributed by atoms with Crippen molar-refractivity contribution >= 4 is 28.4 Å². The van der Waals surface area contributed by atoms with Gasteiger partial charge in [0.05, 0.1) is 17.1 Å². The van der Waals surface area contributed by atoms with Crippen LogP contribution in [0.15, 0.2) is 30.5 Å². The molecule has 0 radical (unpaired) electrons. The maximum atomic E-state index is 11.8. The van der Waals surface area contributed by atoms with Crippen molar-refractivity contribution in [3.8, 4) is 0 Å². The molecular weight excluding hydrogens is 242 g/mol. The van der Waals surface area contributed by atoms with Gasteiger partial charge in [0.25, 0.3) is 0 Å². The number of piperidine rings is 1. The number of carbonyl (C=O) groups is 2. The van der Waals surface area contributed by atoms with Crippen LogP contribution in [0.25, 0.3) is 10.9 Å². The van der Waals surface area contributed by atoms with E-state index in [-0.39, 0.29) is 17.7 Å². The maximum absolute atomic E-state index is 11.8. The Labute approximate surface area is 109 Å². The van der Waals surface area contributed by atoms with Gasteiger partial charge in [0, 0.05) is 18.0 Å². The number of pyridine rings is 1. The molecule has 5 heteroatoms. The molecule has 3 N–H and O–H groups in total. The van der Waals surface area contributed by atoms with E-state index in [2.05, 4.69) is 10.3 Å². The minimum atomic E-state index is -0.309. The largest absolute Gasteiger partial charge is 0.397 e. The Hall–Kier alpha value is -2.43. The van der Waals surface area contributed by atoms with Gasteiger partial charge in [-0.05, 0) is 24.1 Å². The summed E-state index contributed by atoms with van der Waals surface area (Å²) in [5, 5.41) is 3.26. The van der Waals surface area contributed by atoms with Gasteiger partial charge in [-0.3, -0.25) is 19.9 Å². The lowest BCUT2D eigenvalue weighted by molar-refractivity contribution is -0.134. The van der Waals surface area contributed by atoms with E-state index in [0.29, 0.717) is 18.5 Å². The molecule has 1 aliphatic heterocycles. The first kappa shape index (κ1) is 11.6. The Kier molecular flexibility index (Phi) is 2.67. The Morgan fingerprint density at radius 3 is 2.95 bits per heavy atom. The fourth-order valence-corrected chi connectivity index (χ4v) is 2.40. The Balaban J connectivity index is 2.02. The van der Waals surface area contributed by atoms with Gasteiger partial charge in [-0.15, -0.1) is 0 Å². The standard InChI is InChI=1S/C14H13N3O2/c15-11-3-1-2-8-6-9(7-16-13(8)11)10-4-5-12(18)17-14(10)19/h1-3,6-7,10H,4-5,15H2,(H,17,18,19). The first-order valence-electron chi connectivity index (χ1n) is 6.13. The summed E-state index contributed by atoms with van der Waals surface area (Å²) in [7, 11) is 0. The minimum Gasteiger partial charge on any atom is -0.397 e. The van der Waals surface area contributed by atoms with Crippen LogP contribution < -0.4 is 11.1 Å². The first-order chi connectivity index (χ1) is 9.15. The lowest BCUT2D eigenvalue weighted by Gasteiger charge is -2.21. The van der Waals surface area contributed by atoms with Gasteiger partial charge >= 0.3 is 0 Å². The summed E-state index contributed by atoms with van der Waals surface area (Å²) in [6.07, 6.45) is 2.56. The Morgan fingerprint density at radius 2 is 2.16 bits per heavy atom. The van der Waals surface area contributed by atoms with E-state index in [4.69, 9.17) is 5.73 Å². The van der Waals surface area contributed by atoms with Crippen molar-refractivity contribution in [2.75, 3.05) is 5.73 Å². The fraction of sp³-hybridized carbons (Fsp3) is 0.214. The number of hydrogen-bond acceptors (Lipinski definition) is 4. The number of carbonyl (C=O) groups excluding carboxylic acids is 2. The van der Waals surface area contributed by atoms with Crippen LogP contribution in [0.3, 0.4) is 0 Å². The summed E-state index contributed by atoms with van der Waals surface area (Å²) >= 11 is 0. The second-order valence-corrected chi connectivity index (χ2v) is 4.69.